The summed E-state index contributed by atoms with van der Waals surface area (Å²) in [5.41, 5.74) is 0.301. The maximum absolute atomic E-state index is 13.8. The fourth-order valence-electron chi connectivity index (χ4n) is 2.31. The number of nitrogens with one attached hydrogen (secondary N) is 1. The van der Waals surface area contributed by atoms with Gasteiger partial charge in [-0.15, -0.1) is 0 Å². The summed E-state index contributed by atoms with van der Waals surface area (Å²) in [5.74, 6) is -0.0581. The first-order chi connectivity index (χ1) is 12.5. The number of rotatable bonds is 5. The van der Waals surface area contributed by atoms with Crippen molar-refractivity contribution in [2.24, 2.45) is 5.10 Å². The van der Waals surface area contributed by atoms with Crippen molar-refractivity contribution in [3.63, 3.8) is 0 Å². The molecule has 2 aromatic carbocycles. The Labute approximate surface area is 152 Å². The molecule has 0 amide bonds. The van der Waals surface area contributed by atoms with Gasteiger partial charge in [0.25, 0.3) is 0 Å². The molecule has 6 nitrogen and oxygen atoms in total. The number of benzene rings is 2. The van der Waals surface area contributed by atoms with Crippen LogP contribution in [0.5, 0.6) is 11.5 Å². The lowest BCUT2D eigenvalue weighted by Gasteiger charge is -2.09. The Balaban J connectivity index is 2.09. The molecular weight excluding hydrogens is 362 g/mol. The molecule has 0 spiro atoms. The van der Waals surface area contributed by atoms with Crippen LogP contribution in [-0.2, 0) is 0 Å². The quantitative estimate of drug-likeness (QED) is 0.544. The molecule has 0 radical (unpaired) electrons. The molecule has 1 N–H and O–H groups in total. The molecule has 0 aliphatic heterocycles. The van der Waals surface area contributed by atoms with Crippen molar-refractivity contribution in [3.05, 3.63) is 58.4 Å². The summed E-state index contributed by atoms with van der Waals surface area (Å²) < 4.78 is 39.5. The zero-order valence-electron chi connectivity index (χ0n) is 13.9. The number of ether oxygens (including phenoxy) is 2. The fourth-order valence-corrected chi connectivity index (χ4v) is 2.49. The Morgan fingerprint density at radius 3 is 2.54 bits per heavy atom. The predicted octanol–water partition coefficient (Wildman–Crippen LogP) is 3.79. The largest absolute Gasteiger partial charge is 0.497 e. The van der Waals surface area contributed by atoms with E-state index in [0.29, 0.717) is 22.9 Å². The molecule has 1 heterocycles. The molecule has 1 aromatic heterocycles. The second-order valence-corrected chi connectivity index (χ2v) is 5.50. The van der Waals surface area contributed by atoms with Crippen molar-refractivity contribution in [3.8, 4) is 22.9 Å². The van der Waals surface area contributed by atoms with Crippen LogP contribution in [-0.4, -0.2) is 35.3 Å². The van der Waals surface area contributed by atoms with E-state index < -0.39 is 11.6 Å². The molecule has 0 saturated heterocycles. The van der Waals surface area contributed by atoms with E-state index in [1.54, 1.807) is 18.2 Å². The van der Waals surface area contributed by atoms with Crippen LogP contribution in [0.4, 0.5) is 8.78 Å². The van der Waals surface area contributed by atoms with Crippen LogP contribution in [0, 0.1) is 16.4 Å². The summed E-state index contributed by atoms with van der Waals surface area (Å²) in [7, 11) is 3.04. The van der Waals surface area contributed by atoms with Gasteiger partial charge in [-0.1, -0.05) is 6.07 Å². The van der Waals surface area contributed by atoms with E-state index >= 15 is 0 Å². The van der Waals surface area contributed by atoms with Crippen molar-refractivity contribution in [2.75, 3.05) is 14.2 Å². The zero-order valence-corrected chi connectivity index (χ0v) is 14.7. The molecule has 0 saturated carbocycles. The molecule has 26 heavy (non-hydrogen) atoms. The van der Waals surface area contributed by atoms with Crippen LogP contribution in [0.3, 0.4) is 0 Å². The molecular formula is C17H14F2N4O2S. The van der Waals surface area contributed by atoms with Crippen LogP contribution < -0.4 is 9.47 Å². The standard InChI is InChI=1S/C17H14F2N4O2S/c1-24-10-6-7-11(15(8-10)25-2)16-21-22-17(26)23(16)20-9-12-13(18)4-3-5-14(12)19/h3-9H,1-2H3,(H,22,26). The molecule has 0 fully saturated rings. The Hall–Kier alpha value is -3.07. The van der Waals surface area contributed by atoms with Crippen LogP contribution in [0.15, 0.2) is 41.5 Å². The average Bonchev–Trinajstić information content (AvgIpc) is 3.01. The minimum atomic E-state index is -0.729. The van der Waals surface area contributed by atoms with Crippen molar-refractivity contribution >= 4 is 18.4 Å². The molecule has 0 bridgehead atoms. The van der Waals surface area contributed by atoms with Gasteiger partial charge >= 0.3 is 0 Å². The molecule has 3 aromatic rings. The Morgan fingerprint density at radius 1 is 1.15 bits per heavy atom. The van der Waals surface area contributed by atoms with E-state index in [-0.39, 0.29) is 10.3 Å². The van der Waals surface area contributed by atoms with Gasteiger partial charge in [-0.25, -0.2) is 13.9 Å². The lowest BCUT2D eigenvalue weighted by molar-refractivity contribution is 0.395. The number of hydrogen-bond donors (Lipinski definition) is 1. The first kappa shape index (κ1) is 17.7. The molecule has 134 valence electrons. The highest BCUT2D eigenvalue weighted by atomic mass is 32.1. The molecule has 0 atom stereocenters. The van der Waals surface area contributed by atoms with Gasteiger partial charge in [-0.2, -0.15) is 14.9 Å². The summed E-state index contributed by atoms with van der Waals surface area (Å²) in [5, 5.41) is 10.8. The number of aromatic nitrogens is 3. The van der Waals surface area contributed by atoms with E-state index in [1.807, 2.05) is 0 Å². The second kappa shape index (κ2) is 7.44. The number of halogens is 2. The van der Waals surface area contributed by atoms with E-state index in [4.69, 9.17) is 21.7 Å². The van der Waals surface area contributed by atoms with Crippen LogP contribution >= 0.6 is 12.2 Å². The Kier molecular flexibility index (Phi) is 5.08. The summed E-state index contributed by atoms with van der Waals surface area (Å²) in [6, 6.07) is 8.69. The number of H-pyrrole nitrogens is 1. The lowest BCUT2D eigenvalue weighted by Crippen LogP contribution is -2.00. The van der Waals surface area contributed by atoms with Crippen molar-refractivity contribution < 1.29 is 18.3 Å². The summed E-state index contributed by atoms with van der Waals surface area (Å²) in [6.07, 6.45) is 1.05. The van der Waals surface area contributed by atoms with E-state index in [1.165, 1.54) is 25.0 Å². The Bertz CT molecular complexity index is 1010. The molecule has 0 aliphatic carbocycles. The Morgan fingerprint density at radius 2 is 1.88 bits per heavy atom. The smallest absolute Gasteiger partial charge is 0.216 e. The van der Waals surface area contributed by atoms with Gasteiger partial charge in [0.05, 0.1) is 31.6 Å². The zero-order chi connectivity index (χ0) is 18.7. The summed E-state index contributed by atoms with van der Waals surface area (Å²) >= 11 is 5.16. The predicted molar refractivity (Wildman–Crippen MR) is 95.3 cm³/mol. The lowest BCUT2D eigenvalue weighted by atomic mass is 10.2. The minimum Gasteiger partial charge on any atom is -0.497 e. The van der Waals surface area contributed by atoms with Crippen molar-refractivity contribution in [2.45, 2.75) is 0 Å². The van der Waals surface area contributed by atoms with Gasteiger partial charge in [0.2, 0.25) is 4.77 Å². The highest BCUT2D eigenvalue weighted by molar-refractivity contribution is 7.71. The molecule has 9 heteroatoms. The monoisotopic (exact) mass is 376 g/mol. The van der Waals surface area contributed by atoms with Crippen LogP contribution in [0.2, 0.25) is 0 Å². The van der Waals surface area contributed by atoms with E-state index in [0.717, 1.165) is 18.3 Å². The maximum Gasteiger partial charge on any atom is 0.216 e. The number of aromatic amines is 1. The van der Waals surface area contributed by atoms with E-state index in [2.05, 4.69) is 15.3 Å². The van der Waals surface area contributed by atoms with Gasteiger partial charge in [0.15, 0.2) is 5.82 Å². The highest BCUT2D eigenvalue weighted by Crippen LogP contribution is 2.32. The molecule has 3 rings (SSSR count). The first-order valence-corrected chi connectivity index (χ1v) is 7.84. The number of nitrogens with zero attached hydrogens (tertiary/aromatic N) is 3. The third-order valence-electron chi connectivity index (χ3n) is 3.60. The third kappa shape index (κ3) is 3.33. The van der Waals surface area contributed by atoms with Gasteiger partial charge in [0, 0.05) is 6.07 Å². The fraction of sp³-hybridized carbons (Fsp3) is 0.118. The SMILES string of the molecule is COc1ccc(-c2n[nH]c(=S)n2N=Cc2c(F)cccc2F)c(OC)c1. The van der Waals surface area contributed by atoms with Crippen LogP contribution in [0.1, 0.15) is 5.56 Å². The second-order valence-electron chi connectivity index (χ2n) is 5.11. The van der Waals surface area contributed by atoms with Crippen molar-refractivity contribution in [1.29, 1.82) is 0 Å². The van der Waals surface area contributed by atoms with E-state index in [9.17, 15) is 8.78 Å². The van der Waals surface area contributed by atoms with Crippen LogP contribution in [0.25, 0.3) is 11.4 Å². The topological polar surface area (TPSA) is 64.4 Å². The first-order valence-electron chi connectivity index (χ1n) is 7.43. The third-order valence-corrected chi connectivity index (χ3v) is 3.87. The van der Waals surface area contributed by atoms with Gasteiger partial charge in [-0.05, 0) is 36.5 Å². The molecule has 0 unspecified atom stereocenters. The highest BCUT2D eigenvalue weighted by Gasteiger charge is 2.15. The average molecular weight is 376 g/mol. The van der Waals surface area contributed by atoms with Gasteiger partial charge < -0.3 is 9.47 Å². The summed E-state index contributed by atoms with van der Waals surface area (Å²) in [4.78, 5) is 0. The minimum absolute atomic E-state index is 0.158. The number of methoxy groups -OCH3 is 2. The normalized spacial score (nSPS) is 11.1. The van der Waals surface area contributed by atoms with Gasteiger partial charge in [0.1, 0.15) is 23.1 Å². The maximum atomic E-state index is 13.8. The summed E-state index contributed by atoms with van der Waals surface area (Å²) in [6.45, 7) is 0. The van der Waals surface area contributed by atoms with Crippen molar-refractivity contribution in [1.82, 2.24) is 14.9 Å². The van der Waals surface area contributed by atoms with Gasteiger partial charge in [-0.3, -0.25) is 0 Å². The number of hydrogen-bond acceptors (Lipinski definition) is 5. The molecule has 0 aliphatic rings.